The number of carboxylic acid groups (broad SMARTS) is 1. The predicted octanol–water partition coefficient (Wildman–Crippen LogP) is 3.41. The molecule has 0 spiro atoms. The van der Waals surface area contributed by atoms with Crippen molar-refractivity contribution in [1.29, 1.82) is 0 Å². The van der Waals surface area contributed by atoms with E-state index in [0.717, 1.165) is 10.4 Å². The molecule has 6 nitrogen and oxygen atoms in total. The SMILES string of the molecule is O=C(O)Nc1ccsc1-c1ccc([N+](=O)[O-])cc1. The Bertz CT molecular complexity index is 591. The van der Waals surface area contributed by atoms with Gasteiger partial charge in [0, 0.05) is 12.1 Å². The number of amides is 1. The van der Waals surface area contributed by atoms with Crippen LogP contribution in [0.5, 0.6) is 0 Å². The number of rotatable bonds is 3. The Morgan fingerprint density at radius 1 is 1.28 bits per heavy atom. The molecule has 1 amide bonds. The Hall–Kier alpha value is -2.41. The van der Waals surface area contributed by atoms with Crippen LogP contribution < -0.4 is 5.32 Å². The summed E-state index contributed by atoms with van der Waals surface area (Å²) in [5.41, 5.74) is 1.21. The molecule has 0 radical (unpaired) electrons. The second kappa shape index (κ2) is 4.84. The van der Waals surface area contributed by atoms with Crippen molar-refractivity contribution in [3.05, 3.63) is 45.8 Å². The molecule has 0 aliphatic heterocycles. The van der Waals surface area contributed by atoms with Gasteiger partial charge in [0.25, 0.3) is 5.69 Å². The van der Waals surface area contributed by atoms with Crippen molar-refractivity contribution < 1.29 is 14.8 Å². The summed E-state index contributed by atoms with van der Waals surface area (Å²) >= 11 is 1.36. The highest BCUT2D eigenvalue weighted by molar-refractivity contribution is 7.14. The van der Waals surface area contributed by atoms with E-state index in [0.29, 0.717) is 5.69 Å². The molecule has 1 aromatic heterocycles. The van der Waals surface area contributed by atoms with Gasteiger partial charge >= 0.3 is 6.09 Å². The maximum atomic E-state index is 10.6. The fourth-order valence-corrected chi connectivity index (χ4v) is 2.34. The standard InChI is InChI=1S/C11H8N2O4S/c14-11(15)12-9-5-6-18-10(9)7-1-3-8(4-2-7)13(16)17/h1-6,12H,(H,14,15). The molecule has 0 unspecified atom stereocenters. The third-order valence-corrected chi connectivity index (χ3v) is 3.21. The predicted molar refractivity (Wildman–Crippen MR) is 68.1 cm³/mol. The van der Waals surface area contributed by atoms with Gasteiger partial charge in [-0.15, -0.1) is 11.3 Å². The third kappa shape index (κ3) is 2.46. The molecule has 2 N–H and O–H groups in total. The van der Waals surface area contributed by atoms with E-state index < -0.39 is 11.0 Å². The second-order valence-corrected chi connectivity index (χ2v) is 4.31. The van der Waals surface area contributed by atoms with Crippen LogP contribution in [-0.4, -0.2) is 16.1 Å². The smallest absolute Gasteiger partial charge is 0.409 e. The lowest BCUT2D eigenvalue weighted by molar-refractivity contribution is -0.384. The topological polar surface area (TPSA) is 92.5 Å². The van der Waals surface area contributed by atoms with E-state index >= 15 is 0 Å². The Kier molecular flexibility index (Phi) is 3.24. The van der Waals surface area contributed by atoms with Gasteiger partial charge in [0.15, 0.2) is 0 Å². The fraction of sp³-hybridized carbons (Fsp3) is 0. The van der Waals surface area contributed by atoms with Gasteiger partial charge in [-0.2, -0.15) is 0 Å². The maximum absolute atomic E-state index is 10.6. The number of nitrogens with one attached hydrogen (secondary N) is 1. The molecule has 0 bridgehead atoms. The normalized spacial score (nSPS) is 10.0. The van der Waals surface area contributed by atoms with Crippen LogP contribution in [0.2, 0.25) is 0 Å². The zero-order valence-electron chi connectivity index (χ0n) is 8.99. The molecule has 0 saturated heterocycles. The monoisotopic (exact) mass is 264 g/mol. The molecule has 7 heteroatoms. The van der Waals surface area contributed by atoms with Crippen LogP contribution in [-0.2, 0) is 0 Å². The molecular formula is C11H8N2O4S. The lowest BCUT2D eigenvalue weighted by Gasteiger charge is -2.03. The van der Waals surface area contributed by atoms with Crippen molar-refractivity contribution in [3.8, 4) is 10.4 Å². The summed E-state index contributed by atoms with van der Waals surface area (Å²) in [7, 11) is 0. The summed E-state index contributed by atoms with van der Waals surface area (Å²) in [6.45, 7) is 0. The minimum Gasteiger partial charge on any atom is -0.465 e. The van der Waals surface area contributed by atoms with Crippen LogP contribution in [0.3, 0.4) is 0 Å². The quantitative estimate of drug-likeness (QED) is 0.656. The first kappa shape index (κ1) is 12.1. The number of hydrogen-bond acceptors (Lipinski definition) is 4. The highest BCUT2D eigenvalue weighted by Crippen LogP contribution is 2.34. The number of hydrogen-bond donors (Lipinski definition) is 2. The average Bonchev–Trinajstić information content (AvgIpc) is 2.76. The first-order valence-corrected chi connectivity index (χ1v) is 5.78. The van der Waals surface area contributed by atoms with Crippen molar-refractivity contribution >= 4 is 28.8 Å². The van der Waals surface area contributed by atoms with Gasteiger partial charge in [0.05, 0.1) is 15.5 Å². The van der Waals surface area contributed by atoms with Crippen molar-refractivity contribution in [2.24, 2.45) is 0 Å². The first-order valence-electron chi connectivity index (χ1n) is 4.90. The fourth-order valence-electron chi connectivity index (χ4n) is 1.48. The Balaban J connectivity index is 2.34. The molecule has 0 saturated carbocycles. The summed E-state index contributed by atoms with van der Waals surface area (Å²) in [5, 5.41) is 23.2. The summed E-state index contributed by atoms with van der Waals surface area (Å²) in [4.78, 5) is 21.4. The van der Waals surface area contributed by atoms with E-state index in [1.165, 1.54) is 23.5 Å². The van der Waals surface area contributed by atoms with Crippen LogP contribution in [0, 0.1) is 10.1 Å². The van der Waals surface area contributed by atoms with Crippen molar-refractivity contribution in [2.45, 2.75) is 0 Å². The van der Waals surface area contributed by atoms with Gasteiger partial charge in [0.2, 0.25) is 0 Å². The van der Waals surface area contributed by atoms with E-state index in [2.05, 4.69) is 5.32 Å². The zero-order valence-corrected chi connectivity index (χ0v) is 9.81. The molecular weight excluding hydrogens is 256 g/mol. The van der Waals surface area contributed by atoms with Gasteiger partial charge in [-0.05, 0) is 29.1 Å². The number of carbonyl (C=O) groups is 1. The molecule has 0 atom stereocenters. The summed E-state index contributed by atoms with van der Waals surface area (Å²) in [5.74, 6) is 0. The Morgan fingerprint density at radius 2 is 1.94 bits per heavy atom. The largest absolute Gasteiger partial charge is 0.465 e. The van der Waals surface area contributed by atoms with E-state index in [1.807, 2.05) is 0 Å². The van der Waals surface area contributed by atoms with Crippen LogP contribution in [0.15, 0.2) is 35.7 Å². The number of anilines is 1. The highest BCUT2D eigenvalue weighted by atomic mass is 32.1. The number of benzene rings is 1. The first-order chi connectivity index (χ1) is 8.58. The van der Waals surface area contributed by atoms with E-state index in [1.54, 1.807) is 23.6 Å². The van der Waals surface area contributed by atoms with E-state index in [-0.39, 0.29) is 5.69 Å². The summed E-state index contributed by atoms with van der Waals surface area (Å²) in [6, 6.07) is 7.61. The second-order valence-electron chi connectivity index (χ2n) is 3.40. The minimum atomic E-state index is -1.14. The van der Waals surface area contributed by atoms with Crippen molar-refractivity contribution in [1.82, 2.24) is 0 Å². The van der Waals surface area contributed by atoms with Gasteiger partial charge in [0.1, 0.15) is 0 Å². The number of nitrogens with zero attached hydrogens (tertiary/aromatic N) is 1. The Labute approximate surface area is 106 Å². The van der Waals surface area contributed by atoms with E-state index in [4.69, 9.17) is 5.11 Å². The molecule has 1 aromatic carbocycles. The van der Waals surface area contributed by atoms with Crippen LogP contribution in [0.25, 0.3) is 10.4 Å². The van der Waals surface area contributed by atoms with Crippen molar-refractivity contribution in [3.63, 3.8) is 0 Å². The number of thiophene rings is 1. The van der Waals surface area contributed by atoms with Crippen LogP contribution >= 0.6 is 11.3 Å². The number of nitro groups is 1. The molecule has 0 aliphatic carbocycles. The van der Waals surface area contributed by atoms with Gasteiger partial charge in [-0.25, -0.2) is 4.79 Å². The van der Waals surface area contributed by atoms with Gasteiger partial charge in [-0.3, -0.25) is 15.4 Å². The van der Waals surface area contributed by atoms with Crippen LogP contribution in [0.1, 0.15) is 0 Å². The summed E-state index contributed by atoms with van der Waals surface area (Å²) < 4.78 is 0. The number of nitro benzene ring substituents is 1. The summed E-state index contributed by atoms with van der Waals surface area (Å²) in [6.07, 6.45) is -1.14. The molecule has 18 heavy (non-hydrogen) atoms. The average molecular weight is 264 g/mol. The maximum Gasteiger partial charge on any atom is 0.409 e. The lowest BCUT2D eigenvalue weighted by Crippen LogP contribution is -2.06. The molecule has 1 heterocycles. The molecule has 2 aromatic rings. The molecule has 2 rings (SSSR count). The van der Waals surface area contributed by atoms with E-state index in [9.17, 15) is 14.9 Å². The zero-order chi connectivity index (χ0) is 13.1. The van der Waals surface area contributed by atoms with Gasteiger partial charge in [-0.1, -0.05) is 0 Å². The lowest BCUT2D eigenvalue weighted by atomic mass is 10.1. The molecule has 0 aliphatic rings. The molecule has 0 fully saturated rings. The number of non-ortho nitro benzene ring substituents is 1. The van der Waals surface area contributed by atoms with Crippen molar-refractivity contribution in [2.75, 3.05) is 5.32 Å². The molecule has 92 valence electrons. The van der Waals surface area contributed by atoms with Crippen LogP contribution in [0.4, 0.5) is 16.2 Å². The Morgan fingerprint density at radius 3 is 2.50 bits per heavy atom. The van der Waals surface area contributed by atoms with Gasteiger partial charge < -0.3 is 5.11 Å². The third-order valence-electron chi connectivity index (χ3n) is 2.25. The highest BCUT2D eigenvalue weighted by Gasteiger charge is 2.11. The minimum absolute atomic E-state index is 0.00282.